The Bertz CT molecular complexity index is 632. The summed E-state index contributed by atoms with van der Waals surface area (Å²) in [4.78, 5) is 0. The zero-order chi connectivity index (χ0) is 20.3. The van der Waals surface area contributed by atoms with E-state index in [2.05, 4.69) is 31.7 Å². The van der Waals surface area contributed by atoms with E-state index in [1.807, 2.05) is 46.1 Å². The number of hydrogen-bond acceptors (Lipinski definition) is 3. The molecule has 0 spiro atoms. The lowest BCUT2D eigenvalue weighted by Crippen LogP contribution is -2.45. The topological polar surface area (TPSA) is 41.5 Å². The largest absolute Gasteiger partial charge is 0.610 e. The first-order valence-corrected chi connectivity index (χ1v) is 9.55. The molecule has 1 atom stereocenters. The van der Waals surface area contributed by atoms with Crippen LogP contribution in [0.4, 0.5) is 0 Å². The molecule has 4 heteroatoms. The van der Waals surface area contributed by atoms with E-state index in [1.54, 1.807) is 6.20 Å². The minimum atomic E-state index is -0.282. The monoisotopic (exact) mass is 373 g/mol. The van der Waals surface area contributed by atoms with Gasteiger partial charge in [-0.1, -0.05) is 55.5 Å². The van der Waals surface area contributed by atoms with Crippen molar-refractivity contribution < 1.29 is 19.1 Å². The van der Waals surface area contributed by atoms with Crippen molar-refractivity contribution in [3.63, 3.8) is 0 Å². The molecular weight excluding hydrogens is 338 g/mol. The average Bonchev–Trinajstić information content (AvgIpc) is 2.59. The van der Waals surface area contributed by atoms with Crippen molar-refractivity contribution in [3.05, 3.63) is 71.8 Å². The van der Waals surface area contributed by atoms with E-state index in [0.29, 0.717) is 24.3 Å². The number of rotatable bonds is 12. The standard InChI is InChI=1S/C23H35NO3/c1-7-27-23(25)17-24(5,6)22(19(2)3)14-13-20(4)15-16-26-18-21-11-9-8-10-12-21/h8-12,15,17,22H,2,7,13-14,16,18H2,1,3-6H3/b20-15+,23-17+. The maximum Gasteiger partial charge on any atom is 0.118 e. The number of ether oxygens (including phenoxy) is 2. The first kappa shape index (κ1) is 23.0. The Labute approximate surface area is 165 Å². The Hall–Kier alpha value is -2.04. The summed E-state index contributed by atoms with van der Waals surface area (Å²) in [5.41, 5.74) is 3.53. The van der Waals surface area contributed by atoms with Crippen molar-refractivity contribution in [2.75, 3.05) is 27.3 Å². The molecule has 27 heavy (non-hydrogen) atoms. The maximum atomic E-state index is 11.9. The van der Waals surface area contributed by atoms with Gasteiger partial charge >= 0.3 is 0 Å². The molecule has 0 fully saturated rings. The molecule has 0 heterocycles. The zero-order valence-electron chi connectivity index (χ0n) is 17.5. The van der Waals surface area contributed by atoms with Gasteiger partial charge < -0.3 is 14.6 Å². The molecule has 0 saturated carbocycles. The van der Waals surface area contributed by atoms with Crippen LogP contribution in [0.1, 0.15) is 39.2 Å². The molecule has 0 aliphatic rings. The molecule has 0 saturated heterocycles. The molecule has 1 unspecified atom stereocenters. The number of quaternary nitrogens is 1. The van der Waals surface area contributed by atoms with Crippen LogP contribution >= 0.6 is 0 Å². The minimum Gasteiger partial charge on any atom is -0.610 e. The summed E-state index contributed by atoms with van der Waals surface area (Å²) in [5, 5.41) is 11.9. The van der Waals surface area contributed by atoms with Crippen LogP contribution in [0.3, 0.4) is 0 Å². The first-order valence-electron chi connectivity index (χ1n) is 9.55. The van der Waals surface area contributed by atoms with Crippen molar-refractivity contribution >= 4 is 0 Å². The summed E-state index contributed by atoms with van der Waals surface area (Å²) in [6.45, 7) is 11.7. The van der Waals surface area contributed by atoms with E-state index in [9.17, 15) is 5.11 Å². The van der Waals surface area contributed by atoms with Crippen molar-refractivity contribution in [3.8, 4) is 0 Å². The van der Waals surface area contributed by atoms with Gasteiger partial charge in [-0.25, -0.2) is 0 Å². The molecule has 1 aromatic rings. The normalized spacial score (nSPS) is 14.1. The third-order valence-corrected chi connectivity index (χ3v) is 4.57. The zero-order valence-corrected chi connectivity index (χ0v) is 17.5. The summed E-state index contributed by atoms with van der Waals surface area (Å²) in [6, 6.07) is 10.3. The molecule has 0 amide bonds. The van der Waals surface area contributed by atoms with Gasteiger partial charge in [-0.2, -0.15) is 0 Å². The Morgan fingerprint density at radius 2 is 1.89 bits per heavy atom. The SMILES string of the molecule is C=C(C)C(CC/C(C)=C/COCc1ccccc1)[N+](C)(C)/C=C(\[O-])OCC. The number of benzene rings is 1. The molecule has 150 valence electrons. The Morgan fingerprint density at radius 3 is 2.48 bits per heavy atom. The fourth-order valence-corrected chi connectivity index (χ4v) is 3.11. The predicted octanol–water partition coefficient (Wildman–Crippen LogP) is 4.15. The van der Waals surface area contributed by atoms with Gasteiger partial charge in [0.1, 0.15) is 18.2 Å². The average molecular weight is 374 g/mol. The van der Waals surface area contributed by atoms with Crippen LogP contribution in [0.25, 0.3) is 0 Å². The fraction of sp³-hybridized carbons (Fsp3) is 0.478. The Balaban J connectivity index is 2.55. The highest BCUT2D eigenvalue weighted by Gasteiger charge is 2.27. The van der Waals surface area contributed by atoms with Crippen LogP contribution in [0.15, 0.2) is 66.3 Å². The van der Waals surface area contributed by atoms with Gasteiger partial charge in [-0.15, -0.1) is 0 Å². The fourth-order valence-electron chi connectivity index (χ4n) is 3.11. The number of likely N-dealkylation sites (N-methyl/N-ethyl adjacent to an activating group) is 1. The van der Waals surface area contributed by atoms with Gasteiger partial charge in [0.15, 0.2) is 0 Å². The molecule has 1 aromatic carbocycles. The van der Waals surface area contributed by atoms with Gasteiger partial charge in [0.25, 0.3) is 0 Å². The van der Waals surface area contributed by atoms with Gasteiger partial charge in [-0.05, 0) is 38.0 Å². The van der Waals surface area contributed by atoms with E-state index in [1.165, 1.54) is 11.1 Å². The number of hydrogen-bond donors (Lipinski definition) is 0. The highest BCUT2D eigenvalue weighted by molar-refractivity contribution is 5.13. The molecule has 1 rings (SSSR count). The quantitative estimate of drug-likeness (QED) is 0.239. The molecule has 0 N–H and O–H groups in total. The molecule has 0 aromatic heterocycles. The van der Waals surface area contributed by atoms with Crippen LogP contribution in [-0.4, -0.2) is 37.8 Å². The second-order valence-corrected chi connectivity index (χ2v) is 7.46. The third kappa shape index (κ3) is 8.94. The first-order chi connectivity index (χ1) is 12.8. The molecule has 4 nitrogen and oxygen atoms in total. The van der Waals surface area contributed by atoms with Gasteiger partial charge in [0, 0.05) is 6.42 Å². The summed E-state index contributed by atoms with van der Waals surface area (Å²) in [5.74, 6) is -0.282. The van der Waals surface area contributed by atoms with E-state index in [4.69, 9.17) is 9.47 Å². The lowest BCUT2D eigenvalue weighted by atomic mass is 9.99. The van der Waals surface area contributed by atoms with Gasteiger partial charge in [-0.3, -0.25) is 4.48 Å². The van der Waals surface area contributed by atoms with E-state index in [0.717, 1.165) is 18.4 Å². The molecule has 0 bridgehead atoms. The van der Waals surface area contributed by atoms with E-state index < -0.39 is 0 Å². The highest BCUT2D eigenvalue weighted by atomic mass is 16.6. The minimum absolute atomic E-state index is 0.156. The molecule has 0 aliphatic heterocycles. The smallest absolute Gasteiger partial charge is 0.118 e. The predicted molar refractivity (Wildman–Crippen MR) is 110 cm³/mol. The third-order valence-electron chi connectivity index (χ3n) is 4.57. The lowest BCUT2D eigenvalue weighted by Gasteiger charge is -2.36. The number of allylic oxidation sites excluding steroid dienone is 1. The molecule has 0 aliphatic carbocycles. The van der Waals surface area contributed by atoms with Gasteiger partial charge in [0.05, 0.1) is 27.3 Å². The van der Waals surface area contributed by atoms with Gasteiger partial charge in [0.2, 0.25) is 0 Å². The summed E-state index contributed by atoms with van der Waals surface area (Å²) in [7, 11) is 4.02. The summed E-state index contributed by atoms with van der Waals surface area (Å²) < 4.78 is 11.2. The van der Waals surface area contributed by atoms with Crippen molar-refractivity contribution in [1.82, 2.24) is 0 Å². The number of nitrogens with zero attached hydrogens (tertiary/aromatic N) is 1. The van der Waals surface area contributed by atoms with E-state index in [-0.39, 0.29) is 12.0 Å². The molecule has 0 radical (unpaired) electrons. The Kier molecular flexibility index (Phi) is 9.90. The van der Waals surface area contributed by atoms with Crippen molar-refractivity contribution in [1.29, 1.82) is 0 Å². The van der Waals surface area contributed by atoms with Crippen LogP contribution in [0, 0.1) is 0 Å². The second-order valence-electron chi connectivity index (χ2n) is 7.46. The maximum absolute atomic E-state index is 11.9. The van der Waals surface area contributed by atoms with Crippen LogP contribution in [-0.2, 0) is 16.1 Å². The van der Waals surface area contributed by atoms with Crippen molar-refractivity contribution in [2.24, 2.45) is 0 Å². The lowest BCUT2D eigenvalue weighted by molar-refractivity contribution is -0.863. The van der Waals surface area contributed by atoms with E-state index >= 15 is 0 Å². The summed E-state index contributed by atoms with van der Waals surface area (Å²) >= 11 is 0. The van der Waals surface area contributed by atoms with Crippen LogP contribution in [0.5, 0.6) is 0 Å². The highest BCUT2D eigenvalue weighted by Crippen LogP contribution is 2.23. The summed E-state index contributed by atoms with van der Waals surface area (Å²) in [6.07, 6.45) is 5.61. The van der Waals surface area contributed by atoms with Crippen LogP contribution < -0.4 is 5.11 Å². The molecular formula is C23H35NO3. The van der Waals surface area contributed by atoms with Crippen molar-refractivity contribution in [2.45, 2.75) is 46.3 Å². The second kappa shape index (κ2) is 11.6. The Morgan fingerprint density at radius 1 is 1.22 bits per heavy atom. The van der Waals surface area contributed by atoms with Crippen LogP contribution in [0.2, 0.25) is 0 Å².